The molecule has 2 amide bonds. The van der Waals surface area contributed by atoms with Crippen LogP contribution in [-0.4, -0.2) is 72.2 Å². The Labute approximate surface area is 200 Å². The number of imide groups is 1. The molecule has 35 heavy (non-hydrogen) atoms. The molecule has 2 aromatic rings. The molecule has 0 spiro atoms. The van der Waals surface area contributed by atoms with Gasteiger partial charge in [0.15, 0.2) is 12.6 Å². The van der Waals surface area contributed by atoms with Crippen molar-refractivity contribution < 1.29 is 33.6 Å². The first-order chi connectivity index (χ1) is 17.1. The number of azide groups is 1. The average molecular weight is 480 g/mol. The summed E-state index contributed by atoms with van der Waals surface area (Å²) in [5.74, 6) is -1.07. The lowest BCUT2D eigenvalue weighted by atomic mass is 9.94. The van der Waals surface area contributed by atoms with E-state index in [-0.39, 0.29) is 30.9 Å². The Hall–Kier alpha value is -3.31. The minimum atomic E-state index is -1.30. The van der Waals surface area contributed by atoms with Crippen LogP contribution in [0.4, 0.5) is 0 Å². The number of benzene rings is 2. The summed E-state index contributed by atoms with van der Waals surface area (Å²) in [6.45, 7) is 0.455. The number of ether oxygens (including phenoxy) is 4. The highest BCUT2D eigenvalue weighted by molar-refractivity contribution is 6.21. The Bertz CT molecular complexity index is 1100. The van der Waals surface area contributed by atoms with Gasteiger partial charge in [0.1, 0.15) is 24.4 Å². The van der Waals surface area contributed by atoms with Crippen molar-refractivity contribution in [2.75, 3.05) is 19.8 Å². The molecule has 2 saturated heterocycles. The molecule has 2 fully saturated rings. The molecular weight excluding hydrogens is 456 g/mol. The van der Waals surface area contributed by atoms with E-state index in [9.17, 15) is 14.7 Å². The smallest absolute Gasteiger partial charge is 0.262 e. The molecule has 3 aliphatic rings. The van der Waals surface area contributed by atoms with Gasteiger partial charge in [-0.2, -0.15) is 0 Å². The number of hydrogen-bond acceptors (Lipinski definition) is 8. The largest absolute Gasteiger partial charge is 0.388 e. The zero-order chi connectivity index (χ0) is 24.4. The molecule has 1 N–H and O–H groups in total. The predicted octanol–water partition coefficient (Wildman–Crippen LogP) is 2.57. The van der Waals surface area contributed by atoms with Crippen LogP contribution in [0.15, 0.2) is 59.7 Å². The number of fused-ring (bicyclic) bond motifs is 2. The topological polar surface area (TPSA) is 143 Å². The maximum atomic E-state index is 13.2. The lowest BCUT2D eigenvalue weighted by Gasteiger charge is -2.49. The highest BCUT2D eigenvalue weighted by Crippen LogP contribution is 2.38. The minimum Gasteiger partial charge on any atom is -0.388 e. The highest BCUT2D eigenvalue weighted by atomic mass is 16.7. The molecule has 2 aromatic carbocycles. The Morgan fingerprint density at radius 2 is 1.74 bits per heavy atom. The van der Waals surface area contributed by atoms with Crippen molar-refractivity contribution in [2.45, 2.75) is 43.4 Å². The van der Waals surface area contributed by atoms with Crippen LogP contribution >= 0.6 is 0 Å². The van der Waals surface area contributed by atoms with Gasteiger partial charge in [0.2, 0.25) is 0 Å². The van der Waals surface area contributed by atoms with Crippen LogP contribution in [0.25, 0.3) is 10.4 Å². The van der Waals surface area contributed by atoms with Gasteiger partial charge in [-0.3, -0.25) is 14.5 Å². The van der Waals surface area contributed by atoms with Gasteiger partial charge in [0.05, 0.1) is 17.7 Å². The van der Waals surface area contributed by atoms with E-state index in [2.05, 4.69) is 10.0 Å². The number of aliphatic hydroxyl groups excluding tert-OH is 1. The summed E-state index contributed by atoms with van der Waals surface area (Å²) in [6, 6.07) is 14.6. The van der Waals surface area contributed by atoms with Gasteiger partial charge in [0.25, 0.3) is 11.8 Å². The first-order valence-corrected chi connectivity index (χ1v) is 11.3. The molecule has 3 aliphatic heterocycles. The summed E-state index contributed by atoms with van der Waals surface area (Å²) in [5.41, 5.74) is 9.74. The Kier molecular flexibility index (Phi) is 6.78. The zero-order valence-corrected chi connectivity index (χ0v) is 18.7. The van der Waals surface area contributed by atoms with Crippen LogP contribution in [-0.2, 0) is 18.9 Å². The van der Waals surface area contributed by atoms with Crippen LogP contribution in [0.5, 0.6) is 0 Å². The minimum absolute atomic E-state index is 0.120. The van der Waals surface area contributed by atoms with Crippen LogP contribution in [0.2, 0.25) is 0 Å². The van der Waals surface area contributed by atoms with E-state index in [1.165, 1.54) is 0 Å². The second-order valence-corrected chi connectivity index (χ2v) is 8.41. The second-order valence-electron chi connectivity index (χ2n) is 8.41. The van der Waals surface area contributed by atoms with E-state index in [4.69, 9.17) is 24.5 Å². The number of rotatable bonds is 7. The standard InChI is InChI=1S/C24H24N4O7/c25-27-26-11-6-12-32-24-18(28-21(30)15-9-4-5-10-16(15)22(28)31)19(29)20-17(34-24)13-33-23(35-20)14-7-2-1-3-8-14/h1-5,7-10,17-20,23-24,29H,6,11-13H2/t17?,18?,19-,20-,23?,24-/m1/s1. The van der Waals surface area contributed by atoms with Crippen molar-refractivity contribution in [1.82, 2.24) is 4.90 Å². The fourth-order valence-corrected chi connectivity index (χ4v) is 4.63. The summed E-state index contributed by atoms with van der Waals surface area (Å²) < 4.78 is 23.8. The predicted molar refractivity (Wildman–Crippen MR) is 120 cm³/mol. The normalized spacial score (nSPS) is 29.9. The lowest BCUT2D eigenvalue weighted by Crippen LogP contribution is -2.67. The molecule has 0 aliphatic carbocycles. The van der Waals surface area contributed by atoms with Gasteiger partial charge in [-0.25, -0.2) is 0 Å². The van der Waals surface area contributed by atoms with E-state index in [0.717, 1.165) is 10.5 Å². The molecule has 0 aromatic heterocycles. The van der Waals surface area contributed by atoms with E-state index in [0.29, 0.717) is 6.42 Å². The quantitative estimate of drug-likeness (QED) is 0.211. The molecule has 6 atom stereocenters. The maximum Gasteiger partial charge on any atom is 0.262 e. The molecule has 0 saturated carbocycles. The summed E-state index contributed by atoms with van der Waals surface area (Å²) in [5, 5.41) is 14.9. The Morgan fingerprint density at radius 3 is 2.43 bits per heavy atom. The molecule has 0 radical (unpaired) electrons. The van der Waals surface area contributed by atoms with Crippen molar-refractivity contribution in [3.63, 3.8) is 0 Å². The molecule has 182 valence electrons. The molecular formula is C24H24N4O7. The van der Waals surface area contributed by atoms with Crippen molar-refractivity contribution in [3.8, 4) is 0 Å². The third kappa shape index (κ3) is 4.41. The van der Waals surface area contributed by atoms with Crippen LogP contribution < -0.4 is 0 Å². The number of hydrogen-bond donors (Lipinski definition) is 1. The number of carbonyl (C=O) groups is 2. The van der Waals surface area contributed by atoms with E-state index in [1.54, 1.807) is 24.3 Å². The Balaban J connectivity index is 1.41. The van der Waals surface area contributed by atoms with Crippen molar-refractivity contribution >= 4 is 11.8 Å². The van der Waals surface area contributed by atoms with Gasteiger partial charge in [0, 0.05) is 23.6 Å². The highest BCUT2D eigenvalue weighted by Gasteiger charge is 2.55. The van der Waals surface area contributed by atoms with Crippen molar-refractivity contribution in [2.24, 2.45) is 5.11 Å². The lowest BCUT2D eigenvalue weighted by molar-refractivity contribution is -0.349. The Morgan fingerprint density at radius 1 is 1.06 bits per heavy atom. The maximum absolute atomic E-state index is 13.2. The third-order valence-corrected chi connectivity index (χ3v) is 6.28. The number of carbonyl (C=O) groups excluding carboxylic acids is 2. The second kappa shape index (κ2) is 10.1. The number of aliphatic hydroxyl groups is 1. The van der Waals surface area contributed by atoms with Gasteiger partial charge in [-0.15, -0.1) is 0 Å². The van der Waals surface area contributed by atoms with Crippen molar-refractivity contribution in [1.29, 1.82) is 0 Å². The van der Waals surface area contributed by atoms with Gasteiger partial charge in [-0.05, 0) is 24.1 Å². The van der Waals surface area contributed by atoms with Gasteiger partial charge >= 0.3 is 0 Å². The molecule has 3 heterocycles. The van der Waals surface area contributed by atoms with Crippen LogP contribution in [0.3, 0.4) is 0 Å². The molecule has 5 rings (SSSR count). The average Bonchev–Trinajstić information content (AvgIpc) is 3.14. The zero-order valence-electron chi connectivity index (χ0n) is 18.7. The SMILES string of the molecule is [N-]=[N+]=NCCCO[C@@H]1OC2COC(c3ccccc3)O[C@H]2[C@H](O)C1N1C(=O)c2ccccc2C1=O. The van der Waals surface area contributed by atoms with E-state index in [1.807, 2.05) is 30.3 Å². The summed E-state index contributed by atoms with van der Waals surface area (Å²) in [6.07, 6.45) is -4.32. The molecule has 3 unspecified atom stereocenters. The molecule has 11 nitrogen and oxygen atoms in total. The number of nitrogens with zero attached hydrogens (tertiary/aromatic N) is 4. The van der Waals surface area contributed by atoms with Gasteiger partial charge in [-0.1, -0.05) is 47.6 Å². The summed E-state index contributed by atoms with van der Waals surface area (Å²) in [7, 11) is 0. The first-order valence-electron chi connectivity index (χ1n) is 11.3. The van der Waals surface area contributed by atoms with E-state index < -0.39 is 48.7 Å². The first kappa shape index (κ1) is 23.4. The van der Waals surface area contributed by atoms with Gasteiger partial charge < -0.3 is 24.1 Å². The van der Waals surface area contributed by atoms with E-state index >= 15 is 0 Å². The number of amides is 2. The third-order valence-electron chi connectivity index (χ3n) is 6.28. The van der Waals surface area contributed by atoms with Crippen molar-refractivity contribution in [3.05, 3.63) is 81.7 Å². The summed E-state index contributed by atoms with van der Waals surface area (Å²) in [4.78, 5) is 30.1. The fraction of sp³-hybridized carbons (Fsp3) is 0.417. The summed E-state index contributed by atoms with van der Waals surface area (Å²) >= 11 is 0. The molecule has 11 heteroatoms. The fourth-order valence-electron chi connectivity index (χ4n) is 4.63. The van der Waals surface area contributed by atoms with Crippen LogP contribution in [0, 0.1) is 0 Å². The van der Waals surface area contributed by atoms with Crippen LogP contribution in [0.1, 0.15) is 39.0 Å². The molecule has 0 bridgehead atoms. The monoisotopic (exact) mass is 480 g/mol.